The normalized spacial score (nSPS) is 14.1. The molecule has 0 saturated carbocycles. The number of nitrogens with zero attached hydrogens (tertiary/aromatic N) is 3. The largest absolute Gasteiger partial charge is 0.501 e. The summed E-state index contributed by atoms with van der Waals surface area (Å²) in [7, 11) is -1.30. The number of rotatable bonds is 7. The molecule has 0 fully saturated rings. The summed E-state index contributed by atoms with van der Waals surface area (Å²) in [6, 6.07) is 57.3. The number of hydrogen-bond acceptors (Lipinski definition) is 3. The SMILES string of the molecule is CC(C)c1cc(-c2ccccc2)cc(C(C)C)c1-n1c(-c2[c-]ccc3c2oc2cc4c(cc5c6c(cccc64)C(C)(C)CC5(C)C)cc23)nc2ccccc21.C[Si](C)(C)c1ccc(-c2[c-]cc(F)cc2)nc1.[Ir]. The number of hydrogen-bond donors (Lipinski definition) is 0. The minimum absolute atomic E-state index is 0. The maximum Gasteiger partial charge on any atom is 0.121 e. The average Bonchev–Trinajstić information content (AvgIpc) is 3.93. The van der Waals surface area contributed by atoms with Gasteiger partial charge in [-0.15, -0.1) is 48.0 Å². The molecule has 0 atom stereocenters. The first-order chi connectivity index (χ1) is 34.4. The standard InChI is InChI=1S/C52H47N2O.C14H15FNSi.Ir/c1-30(2)38-24-33(32-16-10-9-11-17-32)25-39(31(3)4)48(38)54-45-23-13-12-22-44(45)53-50(54)37-20-14-19-36-41-26-34-27-43-47-35(40(34)28-46(41)55-49(36)37)18-15-21-42(47)51(5,6)29-52(43,7)8;1-17(2,3)13-8-9-14(16-10-13)11-4-6-12(15)7-5-11;/h9-19,21-28,30-31H,29H2,1-8H3;4,6-10H,1-3H3;/q2*-1;. The number of pyridine rings is 1. The zero-order valence-corrected chi connectivity index (χ0v) is 47.2. The van der Waals surface area contributed by atoms with Crippen molar-refractivity contribution in [3.05, 3.63) is 192 Å². The van der Waals surface area contributed by atoms with Crippen molar-refractivity contribution in [3.63, 3.8) is 0 Å². The summed E-state index contributed by atoms with van der Waals surface area (Å²) in [5.41, 5.74) is 15.6. The molecule has 369 valence electrons. The van der Waals surface area contributed by atoms with Crippen LogP contribution in [0.15, 0.2) is 156 Å². The molecule has 3 heterocycles. The second-order valence-electron chi connectivity index (χ2n) is 22.9. The fourth-order valence-electron chi connectivity index (χ4n) is 11.6. The number of fused-ring (bicyclic) bond motifs is 6. The maximum atomic E-state index is 12.8. The van der Waals surface area contributed by atoms with Crippen molar-refractivity contribution in [3.8, 4) is 39.5 Å². The topological polar surface area (TPSA) is 43.9 Å². The third-order valence-corrected chi connectivity index (χ3v) is 17.1. The Morgan fingerprint density at radius 1 is 0.671 bits per heavy atom. The number of imidazole rings is 1. The Kier molecular flexibility index (Phi) is 12.9. The van der Waals surface area contributed by atoms with Crippen LogP contribution in [0.4, 0.5) is 4.39 Å². The van der Waals surface area contributed by atoms with Crippen molar-refractivity contribution in [1.82, 2.24) is 14.5 Å². The van der Waals surface area contributed by atoms with Gasteiger partial charge in [-0.3, -0.25) is 9.37 Å². The Labute approximate surface area is 444 Å². The van der Waals surface area contributed by atoms with Gasteiger partial charge in [-0.25, -0.2) is 0 Å². The Morgan fingerprint density at radius 2 is 1.38 bits per heavy atom. The molecule has 0 aliphatic heterocycles. The summed E-state index contributed by atoms with van der Waals surface area (Å²) >= 11 is 0. The molecule has 4 nitrogen and oxygen atoms in total. The van der Waals surface area contributed by atoms with Crippen LogP contribution in [0.2, 0.25) is 19.6 Å². The van der Waals surface area contributed by atoms with Gasteiger partial charge in [-0.1, -0.05) is 159 Å². The number of furan rings is 1. The van der Waals surface area contributed by atoms with E-state index in [1.165, 1.54) is 77.9 Å². The fraction of sp³-hybridized carbons (Fsp3) is 0.242. The van der Waals surface area contributed by atoms with Crippen molar-refractivity contribution in [2.75, 3.05) is 0 Å². The molecule has 1 aliphatic carbocycles. The van der Waals surface area contributed by atoms with E-state index in [-0.39, 0.29) is 48.6 Å². The van der Waals surface area contributed by atoms with E-state index in [4.69, 9.17) is 9.40 Å². The van der Waals surface area contributed by atoms with E-state index in [2.05, 4.69) is 212 Å². The van der Waals surface area contributed by atoms with Gasteiger partial charge in [0, 0.05) is 43.2 Å². The molecule has 11 aromatic rings. The summed E-state index contributed by atoms with van der Waals surface area (Å²) in [6.07, 6.45) is 3.04. The third-order valence-electron chi connectivity index (χ3n) is 15.1. The van der Waals surface area contributed by atoms with Crippen LogP contribution in [-0.2, 0) is 30.9 Å². The van der Waals surface area contributed by atoms with Crippen LogP contribution >= 0.6 is 0 Å². The first-order valence-corrected chi connectivity index (χ1v) is 29.0. The van der Waals surface area contributed by atoms with Crippen LogP contribution in [0.5, 0.6) is 0 Å². The van der Waals surface area contributed by atoms with Crippen molar-refractivity contribution in [2.45, 2.75) is 104 Å². The molecule has 1 radical (unpaired) electrons. The van der Waals surface area contributed by atoms with Gasteiger partial charge in [0.25, 0.3) is 0 Å². The van der Waals surface area contributed by atoms with Crippen LogP contribution < -0.4 is 5.19 Å². The molecular weight excluding hydrogens is 1090 g/mol. The molecule has 0 unspecified atom stereocenters. The van der Waals surface area contributed by atoms with Gasteiger partial charge in [0.1, 0.15) is 5.58 Å². The molecule has 7 heteroatoms. The summed E-state index contributed by atoms with van der Waals surface area (Å²) in [5, 5.41) is 8.74. The van der Waals surface area contributed by atoms with E-state index in [1.807, 2.05) is 18.3 Å². The first kappa shape index (κ1) is 50.0. The van der Waals surface area contributed by atoms with Crippen LogP contribution in [0.3, 0.4) is 0 Å². The summed E-state index contributed by atoms with van der Waals surface area (Å²) < 4.78 is 22.2. The summed E-state index contributed by atoms with van der Waals surface area (Å²) in [5.74, 6) is 1.12. The Hall–Kier alpha value is -6.50. The minimum atomic E-state index is -1.30. The molecule has 0 amide bonds. The second-order valence-corrected chi connectivity index (χ2v) is 28.0. The van der Waals surface area contributed by atoms with Crippen LogP contribution in [-0.4, -0.2) is 22.6 Å². The summed E-state index contributed by atoms with van der Waals surface area (Å²) in [6.45, 7) is 25.7. The molecular formula is C66H62FIrN3OSi-2. The van der Waals surface area contributed by atoms with Gasteiger partial charge in [0.05, 0.1) is 30.5 Å². The van der Waals surface area contributed by atoms with Crippen molar-refractivity contribution in [1.29, 1.82) is 0 Å². The van der Waals surface area contributed by atoms with Gasteiger partial charge in [0.15, 0.2) is 0 Å². The third kappa shape index (κ3) is 8.87. The fourth-order valence-corrected chi connectivity index (χ4v) is 12.6. The molecule has 1 aliphatic rings. The molecule has 12 rings (SSSR count). The zero-order valence-electron chi connectivity index (χ0n) is 43.8. The predicted octanol–water partition coefficient (Wildman–Crippen LogP) is 17.8. The smallest absolute Gasteiger partial charge is 0.121 e. The van der Waals surface area contributed by atoms with Gasteiger partial charge >= 0.3 is 0 Å². The Morgan fingerprint density at radius 3 is 2.05 bits per heavy atom. The van der Waals surface area contributed by atoms with Crippen molar-refractivity contribution >= 4 is 67.8 Å². The molecule has 0 N–H and O–H groups in total. The van der Waals surface area contributed by atoms with Gasteiger partial charge in [-0.05, 0) is 137 Å². The minimum Gasteiger partial charge on any atom is -0.501 e. The van der Waals surface area contributed by atoms with E-state index in [1.54, 1.807) is 6.07 Å². The maximum absolute atomic E-state index is 12.8. The molecule has 0 spiro atoms. The average molecular weight is 1150 g/mol. The number of halogens is 1. The van der Waals surface area contributed by atoms with Crippen molar-refractivity contribution in [2.24, 2.45) is 0 Å². The Balaban J connectivity index is 0.000000289. The first-order valence-electron chi connectivity index (χ1n) is 25.5. The van der Waals surface area contributed by atoms with Crippen LogP contribution in [0.25, 0.3) is 94.0 Å². The van der Waals surface area contributed by atoms with Gasteiger partial charge < -0.3 is 14.0 Å². The Bertz CT molecular complexity index is 3850. The molecule has 73 heavy (non-hydrogen) atoms. The monoisotopic (exact) mass is 1150 g/mol. The molecule has 0 bridgehead atoms. The molecule has 0 saturated heterocycles. The number of para-hydroxylation sites is 2. The second kappa shape index (κ2) is 18.8. The van der Waals surface area contributed by atoms with Crippen LogP contribution in [0, 0.1) is 17.9 Å². The molecule has 3 aromatic heterocycles. The van der Waals surface area contributed by atoms with Crippen molar-refractivity contribution < 1.29 is 28.9 Å². The summed E-state index contributed by atoms with van der Waals surface area (Å²) in [4.78, 5) is 9.82. The quantitative estimate of drug-likeness (QED) is 0.0907. The van der Waals surface area contributed by atoms with E-state index >= 15 is 0 Å². The van der Waals surface area contributed by atoms with E-state index in [9.17, 15) is 4.39 Å². The van der Waals surface area contributed by atoms with E-state index in [0.717, 1.165) is 62.0 Å². The number of benzene rings is 8. The number of aromatic nitrogens is 3. The van der Waals surface area contributed by atoms with E-state index in [0.29, 0.717) is 0 Å². The molecule has 8 aromatic carbocycles. The van der Waals surface area contributed by atoms with Gasteiger partial charge in [-0.2, -0.15) is 0 Å². The van der Waals surface area contributed by atoms with Gasteiger partial charge in [0.2, 0.25) is 0 Å². The van der Waals surface area contributed by atoms with E-state index < -0.39 is 8.07 Å². The van der Waals surface area contributed by atoms with Crippen LogP contribution in [0.1, 0.15) is 95.9 Å². The zero-order chi connectivity index (χ0) is 50.4. The predicted molar refractivity (Wildman–Crippen MR) is 303 cm³/mol.